The van der Waals surface area contributed by atoms with E-state index in [2.05, 4.69) is 70.8 Å². The Bertz CT molecular complexity index is 3070. The van der Waals surface area contributed by atoms with E-state index in [1.807, 2.05) is 90.7 Å². The fourth-order valence-electron chi connectivity index (χ4n) is 9.27. The predicted molar refractivity (Wildman–Crippen MR) is 230 cm³/mol. The maximum Gasteiger partial charge on any atom is 0.573 e. The Balaban J connectivity index is 0.00000107. The zero-order chi connectivity index (χ0) is 41.9. The SMILES string of the molecule is C=C=C=O.Fc1ccc2c(c1)C1(c3cc(OC(F)(F)F)ccc3-2)c2cc(N3c4ccccc4Oc4ccccc43)ccc2-c2c(-c3cccc(-c4ccccc4)c3)cccc21. The van der Waals surface area contributed by atoms with Crippen molar-refractivity contribution >= 4 is 23.0 Å². The zero-order valence-corrected chi connectivity index (χ0v) is 32.1. The summed E-state index contributed by atoms with van der Waals surface area (Å²) in [7, 11) is 0. The van der Waals surface area contributed by atoms with Gasteiger partial charge in [0.15, 0.2) is 17.4 Å². The number of carbonyl (C=O) groups excluding carboxylic acids is 1. The summed E-state index contributed by atoms with van der Waals surface area (Å²) in [6.45, 7) is 2.93. The summed E-state index contributed by atoms with van der Waals surface area (Å²) in [6.07, 6.45) is -4.91. The fourth-order valence-corrected chi connectivity index (χ4v) is 9.27. The van der Waals surface area contributed by atoms with E-state index in [1.54, 1.807) is 12.1 Å². The highest BCUT2D eigenvalue weighted by atomic mass is 19.4. The van der Waals surface area contributed by atoms with Crippen molar-refractivity contribution in [2.75, 3.05) is 4.90 Å². The molecule has 61 heavy (non-hydrogen) atoms. The van der Waals surface area contributed by atoms with Gasteiger partial charge in [0.1, 0.15) is 11.6 Å². The number of hydrogen-bond donors (Lipinski definition) is 0. The van der Waals surface area contributed by atoms with Crippen molar-refractivity contribution < 1.29 is 31.8 Å². The first kappa shape index (κ1) is 37.4. The second kappa shape index (κ2) is 14.4. The minimum absolute atomic E-state index is 0.345. The van der Waals surface area contributed by atoms with E-state index in [9.17, 15) is 13.2 Å². The molecule has 0 fully saturated rings. The molecule has 0 amide bonds. The number of ether oxygens (including phenoxy) is 2. The highest BCUT2D eigenvalue weighted by Crippen LogP contribution is 2.65. The number of anilines is 3. The largest absolute Gasteiger partial charge is 0.573 e. The van der Waals surface area contributed by atoms with E-state index >= 15 is 4.39 Å². The molecule has 8 heteroatoms. The minimum Gasteiger partial charge on any atom is -0.453 e. The minimum atomic E-state index is -4.91. The molecule has 0 saturated carbocycles. The molecule has 0 saturated heterocycles. The first-order valence-corrected chi connectivity index (χ1v) is 19.4. The molecule has 0 bridgehead atoms. The van der Waals surface area contributed by atoms with E-state index in [1.165, 1.54) is 30.2 Å². The van der Waals surface area contributed by atoms with Crippen molar-refractivity contribution in [3.63, 3.8) is 0 Å². The molecule has 11 rings (SSSR count). The summed E-state index contributed by atoms with van der Waals surface area (Å²) in [5, 5.41) is 0. The third-order valence-corrected chi connectivity index (χ3v) is 11.5. The molecule has 1 aliphatic heterocycles. The highest BCUT2D eigenvalue weighted by molar-refractivity contribution is 6.01. The van der Waals surface area contributed by atoms with Crippen LogP contribution < -0.4 is 14.4 Å². The van der Waals surface area contributed by atoms with E-state index in [0.717, 1.165) is 67.1 Å². The maximum atomic E-state index is 15.7. The van der Waals surface area contributed by atoms with Crippen LogP contribution in [0.1, 0.15) is 22.3 Å². The van der Waals surface area contributed by atoms with Crippen LogP contribution in [0.15, 0.2) is 188 Å². The van der Waals surface area contributed by atoms with Gasteiger partial charge in [-0.25, -0.2) is 9.18 Å². The van der Waals surface area contributed by atoms with Gasteiger partial charge in [-0.05, 0) is 146 Å². The number of nitrogens with zero attached hydrogens (tertiary/aromatic N) is 1. The van der Waals surface area contributed by atoms with Crippen LogP contribution in [-0.2, 0) is 10.2 Å². The monoisotopic (exact) mass is 805 g/mol. The van der Waals surface area contributed by atoms with Crippen molar-refractivity contribution in [1.29, 1.82) is 0 Å². The Morgan fingerprint density at radius 1 is 0.557 bits per heavy atom. The maximum absolute atomic E-state index is 15.7. The first-order chi connectivity index (χ1) is 29.7. The summed E-state index contributed by atoms with van der Waals surface area (Å²) >= 11 is 0. The van der Waals surface area contributed by atoms with Crippen LogP contribution in [0.4, 0.5) is 34.6 Å². The molecular weight excluding hydrogens is 775 g/mol. The van der Waals surface area contributed by atoms with Gasteiger partial charge >= 0.3 is 6.36 Å². The van der Waals surface area contributed by atoms with Gasteiger partial charge in [0.05, 0.1) is 16.8 Å². The van der Waals surface area contributed by atoms with Crippen LogP contribution in [0.25, 0.3) is 44.5 Å². The van der Waals surface area contributed by atoms with Gasteiger partial charge in [-0.1, -0.05) is 109 Å². The van der Waals surface area contributed by atoms with Gasteiger partial charge in [-0.15, -0.1) is 13.2 Å². The number of para-hydroxylation sites is 4. The van der Waals surface area contributed by atoms with Crippen LogP contribution in [0.3, 0.4) is 0 Å². The van der Waals surface area contributed by atoms with Crippen LogP contribution in [0.5, 0.6) is 17.2 Å². The Kier molecular flexibility index (Phi) is 8.85. The highest BCUT2D eigenvalue weighted by Gasteiger charge is 2.53. The molecule has 1 atom stereocenters. The van der Waals surface area contributed by atoms with Crippen molar-refractivity contribution in [2.45, 2.75) is 11.8 Å². The normalized spacial score (nSPS) is 14.7. The summed E-state index contributed by atoms with van der Waals surface area (Å²) in [4.78, 5) is 11.0. The molecular formula is C53H31F4NO3. The van der Waals surface area contributed by atoms with Crippen molar-refractivity contribution in [1.82, 2.24) is 0 Å². The Morgan fingerprint density at radius 2 is 1.15 bits per heavy atom. The Labute approximate surface area is 348 Å². The third-order valence-electron chi connectivity index (χ3n) is 11.5. The van der Waals surface area contributed by atoms with Crippen molar-refractivity contribution in [2.24, 2.45) is 0 Å². The summed E-state index contributed by atoms with van der Waals surface area (Å²) < 4.78 is 68.2. The third kappa shape index (κ3) is 6.05. The molecule has 2 aliphatic carbocycles. The molecule has 1 heterocycles. The fraction of sp³-hybridized carbons (Fsp3) is 0.0377. The molecule has 8 aromatic rings. The Hall–Kier alpha value is -7.89. The van der Waals surface area contributed by atoms with Gasteiger partial charge in [-0.3, -0.25) is 0 Å². The van der Waals surface area contributed by atoms with Gasteiger partial charge in [0, 0.05) is 5.69 Å². The average molecular weight is 806 g/mol. The predicted octanol–water partition coefficient (Wildman–Crippen LogP) is 14.1. The molecule has 3 aliphatic rings. The molecule has 294 valence electrons. The zero-order valence-electron chi connectivity index (χ0n) is 32.1. The molecule has 0 N–H and O–H groups in total. The first-order valence-electron chi connectivity index (χ1n) is 19.4. The molecule has 8 aromatic carbocycles. The lowest BCUT2D eigenvalue weighted by Crippen LogP contribution is -2.27. The quantitative estimate of drug-likeness (QED) is 0.101. The van der Waals surface area contributed by atoms with Gasteiger partial charge < -0.3 is 14.4 Å². The number of fused-ring (bicyclic) bond motifs is 12. The van der Waals surface area contributed by atoms with Crippen LogP contribution in [-0.4, -0.2) is 12.3 Å². The average Bonchev–Trinajstić information content (AvgIpc) is 3.74. The number of hydrogen-bond acceptors (Lipinski definition) is 4. The number of halogens is 4. The van der Waals surface area contributed by atoms with Gasteiger partial charge in [0.25, 0.3) is 0 Å². The Morgan fingerprint density at radius 3 is 1.85 bits per heavy atom. The van der Waals surface area contributed by atoms with Crippen molar-refractivity contribution in [3.8, 4) is 61.8 Å². The van der Waals surface area contributed by atoms with E-state index in [4.69, 9.17) is 9.53 Å². The lowest BCUT2D eigenvalue weighted by atomic mass is 9.70. The van der Waals surface area contributed by atoms with E-state index < -0.39 is 17.6 Å². The standard InChI is InChI=1S/C50H29F4NO2.C3H2O/c51-33-20-23-37-38-25-22-35(57-50(52,53)54)29-43(38)49(41(37)27-33)40-15-9-14-36(32-13-8-12-31(26-32)30-10-2-1-3-11-30)48(40)39-24-21-34(28-42(39)49)55-44-16-4-6-18-46(44)56-47-19-7-5-17-45(47)55;1-2-3-4/h1-29H;1H2. The smallest absolute Gasteiger partial charge is 0.453 e. The lowest BCUT2D eigenvalue weighted by molar-refractivity contribution is -0.274. The van der Waals surface area contributed by atoms with Crippen LogP contribution >= 0.6 is 0 Å². The molecule has 0 radical (unpaired) electrons. The second-order valence-electron chi connectivity index (χ2n) is 14.8. The molecule has 4 nitrogen and oxygen atoms in total. The summed E-state index contributed by atoms with van der Waals surface area (Å²) in [6, 6.07) is 55.6. The number of alkyl halides is 3. The summed E-state index contributed by atoms with van der Waals surface area (Å²) in [5.41, 5.74) is 13.4. The molecule has 1 spiro atoms. The van der Waals surface area contributed by atoms with Gasteiger partial charge in [0.2, 0.25) is 0 Å². The topological polar surface area (TPSA) is 38.8 Å². The van der Waals surface area contributed by atoms with Gasteiger partial charge in [-0.2, -0.15) is 0 Å². The molecule has 1 unspecified atom stereocenters. The molecule has 0 aromatic heterocycles. The van der Waals surface area contributed by atoms with Crippen LogP contribution in [0, 0.1) is 5.82 Å². The lowest BCUT2D eigenvalue weighted by Gasteiger charge is -2.34. The van der Waals surface area contributed by atoms with E-state index in [-0.39, 0.29) is 5.75 Å². The summed E-state index contributed by atoms with van der Waals surface area (Å²) in [5.74, 6) is 1.90. The van der Waals surface area contributed by atoms with Crippen molar-refractivity contribution in [3.05, 3.63) is 216 Å². The number of rotatable bonds is 4. The second-order valence-corrected chi connectivity index (χ2v) is 14.8. The van der Waals surface area contributed by atoms with E-state index in [0.29, 0.717) is 28.2 Å². The van der Waals surface area contributed by atoms with Crippen LogP contribution in [0.2, 0.25) is 0 Å². The number of benzene rings is 8.